The van der Waals surface area contributed by atoms with Crippen LogP contribution in [0.3, 0.4) is 0 Å². The molecule has 0 atom stereocenters. The molecule has 0 fully saturated rings. The normalized spacial score (nSPS) is 10.8. The molecule has 0 unspecified atom stereocenters. The van der Waals surface area contributed by atoms with Gasteiger partial charge in [-0.05, 0) is 17.7 Å². The van der Waals surface area contributed by atoms with E-state index in [1.165, 1.54) is 11.3 Å². The number of carbonyl (C=O) groups is 1. The first-order chi connectivity index (χ1) is 11.5. The van der Waals surface area contributed by atoms with Gasteiger partial charge in [-0.1, -0.05) is 29.3 Å². The van der Waals surface area contributed by atoms with Crippen LogP contribution in [0.25, 0.3) is 10.6 Å². The highest BCUT2D eigenvalue weighted by atomic mass is 35.5. The zero-order valence-corrected chi connectivity index (χ0v) is 15.0. The molecule has 0 amide bonds. The van der Waals surface area contributed by atoms with Gasteiger partial charge in [-0.15, -0.1) is 11.3 Å². The average molecular weight is 382 g/mol. The van der Waals surface area contributed by atoms with Gasteiger partial charge in [0.1, 0.15) is 11.6 Å². The lowest BCUT2D eigenvalue weighted by Crippen LogP contribution is -2.08. The van der Waals surface area contributed by atoms with Gasteiger partial charge in [0, 0.05) is 34.2 Å². The van der Waals surface area contributed by atoms with E-state index in [0.717, 1.165) is 10.6 Å². The molecule has 0 N–H and O–H groups in total. The van der Waals surface area contributed by atoms with Crippen molar-refractivity contribution in [2.45, 2.75) is 13.0 Å². The third kappa shape index (κ3) is 4.14. The standard InChI is InChI=1S/C16H13Cl2N3O2S/c1-21-7-11(6-19-21)16-20-13(9-24-16)8-23-15(22)4-10-2-3-12(17)5-14(10)18/h2-3,5-7,9H,4,8H2,1H3. The molecule has 0 radical (unpaired) electrons. The Balaban J connectivity index is 1.57. The summed E-state index contributed by atoms with van der Waals surface area (Å²) in [6.07, 6.45) is 3.73. The first kappa shape index (κ1) is 17.0. The molecule has 0 saturated heterocycles. The van der Waals surface area contributed by atoms with Gasteiger partial charge < -0.3 is 4.74 Å². The Bertz CT molecular complexity index is 876. The van der Waals surface area contributed by atoms with E-state index in [0.29, 0.717) is 21.3 Å². The van der Waals surface area contributed by atoms with Gasteiger partial charge in [0.15, 0.2) is 0 Å². The number of ether oxygens (including phenoxy) is 1. The number of hydrogen-bond donors (Lipinski definition) is 0. The van der Waals surface area contributed by atoms with E-state index in [2.05, 4.69) is 10.1 Å². The minimum atomic E-state index is -0.366. The smallest absolute Gasteiger partial charge is 0.310 e. The van der Waals surface area contributed by atoms with Crippen LogP contribution in [-0.4, -0.2) is 20.7 Å². The molecule has 8 heteroatoms. The molecular formula is C16H13Cl2N3O2S. The third-order valence-electron chi connectivity index (χ3n) is 3.23. The van der Waals surface area contributed by atoms with Gasteiger partial charge in [-0.2, -0.15) is 5.10 Å². The lowest BCUT2D eigenvalue weighted by molar-refractivity contribution is -0.144. The van der Waals surface area contributed by atoms with Crippen LogP contribution in [0.15, 0.2) is 36.0 Å². The molecular weight excluding hydrogens is 369 g/mol. The van der Waals surface area contributed by atoms with Crippen LogP contribution in [0.2, 0.25) is 10.0 Å². The molecule has 1 aromatic carbocycles. The second kappa shape index (κ2) is 7.34. The fourth-order valence-electron chi connectivity index (χ4n) is 2.06. The summed E-state index contributed by atoms with van der Waals surface area (Å²) in [6, 6.07) is 5.01. The fraction of sp³-hybridized carbons (Fsp3) is 0.188. The molecule has 3 rings (SSSR count). The number of rotatable bonds is 5. The van der Waals surface area contributed by atoms with Crippen LogP contribution < -0.4 is 0 Å². The zero-order chi connectivity index (χ0) is 17.1. The molecule has 2 aromatic heterocycles. The third-order valence-corrected chi connectivity index (χ3v) is 4.76. The molecule has 0 aliphatic heterocycles. The maximum absolute atomic E-state index is 12.0. The largest absolute Gasteiger partial charge is 0.459 e. The Morgan fingerprint density at radius 2 is 2.21 bits per heavy atom. The number of benzene rings is 1. The van der Waals surface area contributed by atoms with Crippen molar-refractivity contribution in [2.75, 3.05) is 0 Å². The quantitative estimate of drug-likeness (QED) is 0.623. The number of aryl methyl sites for hydroxylation is 1. The van der Waals surface area contributed by atoms with E-state index in [-0.39, 0.29) is 19.0 Å². The van der Waals surface area contributed by atoms with E-state index >= 15 is 0 Å². The first-order valence-corrected chi connectivity index (χ1v) is 8.68. The molecule has 3 aromatic rings. The Labute approximate surface area is 152 Å². The van der Waals surface area contributed by atoms with Crippen molar-refractivity contribution >= 4 is 40.5 Å². The van der Waals surface area contributed by atoms with Crippen molar-refractivity contribution < 1.29 is 9.53 Å². The molecule has 24 heavy (non-hydrogen) atoms. The number of nitrogens with zero attached hydrogens (tertiary/aromatic N) is 3. The van der Waals surface area contributed by atoms with Crippen LogP contribution in [0, 0.1) is 0 Å². The Kier molecular flexibility index (Phi) is 5.18. The van der Waals surface area contributed by atoms with Crippen LogP contribution in [0.1, 0.15) is 11.3 Å². The summed E-state index contributed by atoms with van der Waals surface area (Å²) in [7, 11) is 1.85. The maximum Gasteiger partial charge on any atom is 0.310 e. The second-order valence-corrected chi connectivity index (χ2v) is 6.82. The minimum Gasteiger partial charge on any atom is -0.459 e. The van der Waals surface area contributed by atoms with Crippen LogP contribution in [0.5, 0.6) is 0 Å². The summed E-state index contributed by atoms with van der Waals surface area (Å²) >= 11 is 13.4. The SMILES string of the molecule is Cn1cc(-c2nc(COC(=O)Cc3ccc(Cl)cc3Cl)cs2)cn1. The van der Waals surface area contributed by atoms with Crippen LogP contribution in [0.4, 0.5) is 0 Å². The van der Waals surface area contributed by atoms with Crippen molar-refractivity contribution in [3.05, 3.63) is 57.3 Å². The van der Waals surface area contributed by atoms with Crippen molar-refractivity contribution in [2.24, 2.45) is 7.05 Å². The number of hydrogen-bond acceptors (Lipinski definition) is 5. The average Bonchev–Trinajstić information content (AvgIpc) is 3.17. The Morgan fingerprint density at radius 3 is 2.92 bits per heavy atom. The molecule has 0 spiro atoms. The fourth-order valence-corrected chi connectivity index (χ4v) is 3.32. The topological polar surface area (TPSA) is 57.0 Å². The molecule has 5 nitrogen and oxygen atoms in total. The number of esters is 1. The highest BCUT2D eigenvalue weighted by Gasteiger charge is 2.11. The van der Waals surface area contributed by atoms with Gasteiger partial charge in [-0.3, -0.25) is 9.48 Å². The van der Waals surface area contributed by atoms with E-state index in [1.807, 2.05) is 18.6 Å². The van der Waals surface area contributed by atoms with Crippen molar-refractivity contribution in [1.29, 1.82) is 0 Å². The molecule has 2 heterocycles. The van der Waals surface area contributed by atoms with E-state index in [1.54, 1.807) is 29.1 Å². The predicted molar refractivity (Wildman–Crippen MR) is 94.3 cm³/mol. The summed E-state index contributed by atoms with van der Waals surface area (Å²) in [5.74, 6) is -0.366. The monoisotopic (exact) mass is 381 g/mol. The van der Waals surface area contributed by atoms with Gasteiger partial charge in [0.25, 0.3) is 0 Å². The first-order valence-electron chi connectivity index (χ1n) is 7.04. The van der Waals surface area contributed by atoms with Gasteiger partial charge in [0.05, 0.1) is 18.3 Å². The van der Waals surface area contributed by atoms with Gasteiger partial charge >= 0.3 is 5.97 Å². The summed E-state index contributed by atoms with van der Waals surface area (Å²) in [5, 5.41) is 7.80. The molecule has 0 aliphatic carbocycles. The predicted octanol–water partition coefficient (Wildman–Crippen LogP) is 4.14. The number of aromatic nitrogens is 3. The second-order valence-electron chi connectivity index (χ2n) is 5.12. The summed E-state index contributed by atoms with van der Waals surface area (Å²) < 4.78 is 6.98. The van der Waals surface area contributed by atoms with Crippen molar-refractivity contribution in [3.63, 3.8) is 0 Å². The highest BCUT2D eigenvalue weighted by Crippen LogP contribution is 2.24. The molecule has 0 saturated carbocycles. The summed E-state index contributed by atoms with van der Waals surface area (Å²) in [4.78, 5) is 16.4. The highest BCUT2D eigenvalue weighted by molar-refractivity contribution is 7.13. The van der Waals surface area contributed by atoms with Gasteiger partial charge in [0.2, 0.25) is 0 Å². The van der Waals surface area contributed by atoms with Crippen molar-refractivity contribution in [1.82, 2.24) is 14.8 Å². The number of halogens is 2. The molecule has 0 aliphatic rings. The maximum atomic E-state index is 12.0. The lowest BCUT2D eigenvalue weighted by Gasteiger charge is -2.05. The molecule has 124 valence electrons. The van der Waals surface area contributed by atoms with Gasteiger partial charge in [-0.25, -0.2) is 4.98 Å². The van der Waals surface area contributed by atoms with Crippen molar-refractivity contribution in [3.8, 4) is 10.6 Å². The van der Waals surface area contributed by atoms with E-state index < -0.39 is 0 Å². The lowest BCUT2D eigenvalue weighted by atomic mass is 10.1. The van der Waals surface area contributed by atoms with E-state index in [4.69, 9.17) is 27.9 Å². The number of carbonyl (C=O) groups excluding carboxylic acids is 1. The van der Waals surface area contributed by atoms with Crippen LogP contribution in [-0.2, 0) is 29.6 Å². The Morgan fingerprint density at radius 1 is 1.38 bits per heavy atom. The summed E-state index contributed by atoms with van der Waals surface area (Å²) in [6.45, 7) is 0.126. The van der Waals surface area contributed by atoms with E-state index in [9.17, 15) is 4.79 Å². The zero-order valence-electron chi connectivity index (χ0n) is 12.7. The number of thiazole rings is 1. The minimum absolute atomic E-state index is 0.0929. The summed E-state index contributed by atoms with van der Waals surface area (Å²) in [5.41, 5.74) is 2.32. The van der Waals surface area contributed by atoms with Crippen LogP contribution >= 0.6 is 34.5 Å². The molecule has 0 bridgehead atoms. The Hall–Kier alpha value is -1.89.